The van der Waals surface area contributed by atoms with E-state index in [9.17, 15) is 0 Å². The van der Waals surface area contributed by atoms with Gasteiger partial charge in [0.25, 0.3) is 0 Å². The normalized spacial score (nSPS) is 11.5. The summed E-state index contributed by atoms with van der Waals surface area (Å²) in [5, 5.41) is 2.05. The van der Waals surface area contributed by atoms with Gasteiger partial charge in [-0.2, -0.15) is 0 Å². The SMILES string of the molecule is Fc1cc(-n2c3ccccc3c3ccc(Oc4cccc(-n5[c](=[Pt])n(-c6c(-c7ccccc7)cccc6-c6ccccc6)c6ccccc65)c4)cc32)ncc1-c1cccnc1. The fourth-order valence-corrected chi connectivity index (χ4v) is 9.51. The van der Waals surface area contributed by atoms with E-state index in [1.54, 1.807) is 24.7 Å². The van der Waals surface area contributed by atoms with Gasteiger partial charge in [0.2, 0.25) is 0 Å². The molecular formula is C53H34FN5OPt. The maximum absolute atomic E-state index is 15.8. The number of hydrogen-bond donors (Lipinski definition) is 0. The standard InChI is InChI=1S/C53H34FN5O.Pt/c54-47-32-52(56-34-46(47)38-18-13-29-55-33-38)59-48-24-8-7-21-44(48)45-28-27-41(31-51(45)59)60-40-20-11-19-39(30-40)57-35-58(50-26-10-9-25-49(50)57)53-42(36-14-3-1-4-15-36)22-12-23-43(53)37-16-5-2-6-17-37;/h1-34H;. The van der Waals surface area contributed by atoms with Crippen molar-refractivity contribution in [3.05, 3.63) is 216 Å². The molecule has 6 nitrogen and oxygen atoms in total. The summed E-state index contributed by atoms with van der Waals surface area (Å²) in [5.74, 6) is 1.43. The van der Waals surface area contributed by atoms with Crippen molar-refractivity contribution in [2.24, 2.45) is 0 Å². The molecule has 294 valence electrons. The van der Waals surface area contributed by atoms with Crippen LogP contribution in [-0.4, -0.2) is 23.7 Å². The van der Waals surface area contributed by atoms with Crippen molar-refractivity contribution in [2.75, 3.05) is 0 Å². The second-order valence-electron chi connectivity index (χ2n) is 14.7. The van der Waals surface area contributed by atoms with Crippen LogP contribution in [0.1, 0.15) is 0 Å². The number of ether oxygens (including phenoxy) is 1. The van der Waals surface area contributed by atoms with Crippen LogP contribution in [0.25, 0.3) is 83.4 Å². The van der Waals surface area contributed by atoms with Crippen LogP contribution in [0.5, 0.6) is 11.5 Å². The molecule has 0 radical (unpaired) electrons. The van der Waals surface area contributed by atoms with E-state index in [1.807, 2.05) is 53.1 Å². The van der Waals surface area contributed by atoms with E-state index < -0.39 is 0 Å². The third-order valence-corrected chi connectivity index (χ3v) is 12.1. The van der Waals surface area contributed by atoms with E-state index in [0.29, 0.717) is 28.4 Å². The van der Waals surface area contributed by atoms with Crippen molar-refractivity contribution in [2.45, 2.75) is 0 Å². The summed E-state index contributed by atoms with van der Waals surface area (Å²) in [5.41, 5.74) is 11.6. The number of halogens is 1. The van der Waals surface area contributed by atoms with Gasteiger partial charge in [0, 0.05) is 29.7 Å². The fourth-order valence-electron chi connectivity index (χ4n) is 8.42. The molecule has 4 heterocycles. The first-order valence-corrected chi connectivity index (χ1v) is 21.0. The maximum atomic E-state index is 15.8. The van der Waals surface area contributed by atoms with Crippen molar-refractivity contribution < 1.29 is 28.5 Å². The predicted octanol–water partition coefficient (Wildman–Crippen LogP) is 13.3. The average molecular weight is 971 g/mol. The van der Waals surface area contributed by atoms with Gasteiger partial charge >= 0.3 is 294 Å². The molecule has 11 aromatic rings. The van der Waals surface area contributed by atoms with E-state index in [-0.39, 0.29) is 5.82 Å². The molecular weight excluding hydrogens is 937 g/mol. The third-order valence-electron chi connectivity index (χ3n) is 11.1. The van der Waals surface area contributed by atoms with Gasteiger partial charge < -0.3 is 0 Å². The second-order valence-corrected chi connectivity index (χ2v) is 15.7. The van der Waals surface area contributed by atoms with Crippen molar-refractivity contribution in [1.82, 2.24) is 23.7 Å². The van der Waals surface area contributed by atoms with Crippen LogP contribution < -0.4 is 4.74 Å². The minimum Gasteiger partial charge on any atom is -0.264 e. The molecule has 0 aliphatic heterocycles. The quantitative estimate of drug-likeness (QED) is 0.152. The molecule has 0 bridgehead atoms. The van der Waals surface area contributed by atoms with Crippen LogP contribution in [0.15, 0.2) is 207 Å². The van der Waals surface area contributed by atoms with E-state index >= 15 is 4.39 Å². The monoisotopic (exact) mass is 970 g/mol. The first kappa shape index (κ1) is 36.6. The van der Waals surface area contributed by atoms with E-state index in [4.69, 9.17) is 9.72 Å². The summed E-state index contributed by atoms with van der Waals surface area (Å²) >= 11 is 2.46. The minimum atomic E-state index is -0.374. The van der Waals surface area contributed by atoms with Crippen molar-refractivity contribution in [3.8, 4) is 62.1 Å². The Bertz CT molecular complexity index is 3430. The van der Waals surface area contributed by atoms with Gasteiger partial charge in [-0.05, 0) is 6.07 Å². The Balaban J connectivity index is 1.02. The minimum absolute atomic E-state index is 0.374. The van der Waals surface area contributed by atoms with Gasteiger partial charge in [-0.3, -0.25) is 4.98 Å². The molecule has 0 aliphatic rings. The summed E-state index contributed by atoms with van der Waals surface area (Å²) in [7, 11) is 0. The Morgan fingerprint density at radius 1 is 0.459 bits per heavy atom. The van der Waals surface area contributed by atoms with Gasteiger partial charge in [-0.1, -0.05) is 18.2 Å². The molecule has 0 spiro atoms. The molecule has 61 heavy (non-hydrogen) atoms. The number of rotatable bonds is 8. The molecule has 0 fully saturated rings. The van der Waals surface area contributed by atoms with Crippen molar-refractivity contribution >= 4 is 32.8 Å². The third kappa shape index (κ3) is 6.42. The molecule has 0 amide bonds. The number of nitrogens with zero attached hydrogens (tertiary/aromatic N) is 5. The number of pyridine rings is 2. The van der Waals surface area contributed by atoms with Crippen LogP contribution >= 0.6 is 0 Å². The molecule has 0 aliphatic carbocycles. The van der Waals surface area contributed by atoms with Gasteiger partial charge in [-0.15, -0.1) is 0 Å². The Labute approximate surface area is 361 Å². The molecule has 0 saturated carbocycles. The average Bonchev–Trinajstić information content (AvgIpc) is 3.80. The summed E-state index contributed by atoms with van der Waals surface area (Å²) in [6.07, 6.45) is 4.89. The topological polar surface area (TPSA) is 49.8 Å². The molecule has 0 unspecified atom stereocenters. The van der Waals surface area contributed by atoms with Crippen LogP contribution in [0.3, 0.4) is 0 Å². The van der Waals surface area contributed by atoms with Crippen LogP contribution in [0.2, 0.25) is 0 Å². The van der Waals surface area contributed by atoms with E-state index in [2.05, 4.69) is 161 Å². The zero-order chi connectivity index (χ0) is 40.9. The summed E-state index contributed by atoms with van der Waals surface area (Å²) in [6, 6.07) is 63.7. The zero-order valence-corrected chi connectivity index (χ0v) is 34.7. The molecule has 0 atom stereocenters. The Kier molecular flexibility index (Phi) is 9.17. The van der Waals surface area contributed by atoms with Crippen LogP contribution in [0, 0.1) is 9.62 Å². The molecule has 11 rings (SSSR count). The van der Waals surface area contributed by atoms with E-state index in [0.717, 1.165) is 70.3 Å². The van der Waals surface area contributed by atoms with Gasteiger partial charge in [-0.25, -0.2) is 4.39 Å². The first-order chi connectivity index (χ1) is 30.1. The summed E-state index contributed by atoms with van der Waals surface area (Å²) < 4.78 is 30.2. The van der Waals surface area contributed by atoms with Gasteiger partial charge in [0.05, 0.1) is 0 Å². The number of benzene rings is 7. The molecule has 0 N–H and O–H groups in total. The number of imidazole rings is 1. The van der Waals surface area contributed by atoms with Crippen LogP contribution in [-0.2, 0) is 19.4 Å². The van der Waals surface area contributed by atoms with Gasteiger partial charge in [0.15, 0.2) is 0 Å². The van der Waals surface area contributed by atoms with Gasteiger partial charge in [0.1, 0.15) is 5.82 Å². The number of para-hydroxylation sites is 4. The van der Waals surface area contributed by atoms with Crippen molar-refractivity contribution in [1.29, 1.82) is 0 Å². The second kappa shape index (κ2) is 15.3. The van der Waals surface area contributed by atoms with Crippen molar-refractivity contribution in [3.63, 3.8) is 0 Å². The Morgan fingerprint density at radius 2 is 1.08 bits per heavy atom. The summed E-state index contributed by atoms with van der Waals surface area (Å²) in [4.78, 5) is 8.93. The number of fused-ring (bicyclic) bond motifs is 4. The molecule has 7 aromatic carbocycles. The smallest absolute Gasteiger partial charge is 0.264 e. The fraction of sp³-hybridized carbons (Fsp3) is 0. The first-order valence-electron chi connectivity index (χ1n) is 19.9. The molecule has 0 saturated heterocycles. The number of hydrogen-bond acceptors (Lipinski definition) is 3. The molecule has 8 heteroatoms. The zero-order valence-electron chi connectivity index (χ0n) is 32.5. The van der Waals surface area contributed by atoms with E-state index in [1.165, 1.54) is 6.07 Å². The number of aromatic nitrogens is 5. The van der Waals surface area contributed by atoms with Crippen LogP contribution in [0.4, 0.5) is 4.39 Å². The predicted molar refractivity (Wildman–Crippen MR) is 239 cm³/mol. The Hall–Kier alpha value is -7.47. The Morgan fingerprint density at radius 3 is 1.79 bits per heavy atom. The molecule has 4 aromatic heterocycles. The summed E-state index contributed by atoms with van der Waals surface area (Å²) in [6.45, 7) is 0.